The molecule has 8 heteroatoms. The zero-order valence-electron chi connectivity index (χ0n) is 14.9. The van der Waals surface area contributed by atoms with Crippen LogP contribution in [-0.2, 0) is 9.53 Å². The summed E-state index contributed by atoms with van der Waals surface area (Å²) in [4.78, 5) is 39.8. The zero-order valence-corrected chi connectivity index (χ0v) is 15.7. The van der Waals surface area contributed by atoms with E-state index in [1.165, 1.54) is 30.4 Å². The Bertz CT molecular complexity index is 1000. The minimum Gasteiger partial charge on any atom is -0.448 e. The van der Waals surface area contributed by atoms with Gasteiger partial charge in [0.2, 0.25) is 5.91 Å². The normalized spacial score (nSPS) is 11.5. The summed E-state index contributed by atoms with van der Waals surface area (Å²) in [6, 6.07) is 15.5. The van der Waals surface area contributed by atoms with Crippen molar-refractivity contribution >= 4 is 34.8 Å². The van der Waals surface area contributed by atoms with Gasteiger partial charge in [-0.2, -0.15) is 0 Å². The van der Waals surface area contributed by atoms with Gasteiger partial charge in [0.1, 0.15) is 5.01 Å². The van der Waals surface area contributed by atoms with Crippen LogP contribution in [-0.4, -0.2) is 28.9 Å². The van der Waals surface area contributed by atoms with E-state index in [-0.39, 0.29) is 5.69 Å². The van der Waals surface area contributed by atoms with Crippen LogP contribution >= 0.6 is 11.3 Å². The number of nitrogens with zero attached hydrogens (tertiary/aromatic N) is 1. The van der Waals surface area contributed by atoms with Crippen LogP contribution in [0.25, 0.3) is 10.6 Å². The number of nitrogens with two attached hydrogens (primary N) is 1. The number of ether oxygens (including phenoxy) is 1. The monoisotopic (exact) mass is 395 g/mol. The molecule has 142 valence electrons. The van der Waals surface area contributed by atoms with Gasteiger partial charge in [0.05, 0.1) is 0 Å². The van der Waals surface area contributed by atoms with Crippen molar-refractivity contribution in [2.45, 2.75) is 13.0 Å². The van der Waals surface area contributed by atoms with E-state index in [2.05, 4.69) is 10.3 Å². The lowest BCUT2D eigenvalue weighted by atomic mass is 10.2. The molecule has 0 fully saturated rings. The number of carbonyl (C=O) groups excluding carboxylic acids is 3. The number of nitrogens with one attached hydrogen (secondary N) is 1. The third kappa shape index (κ3) is 4.60. The standard InChI is InChI=1S/C20H17N3O4S/c1-12(18(25)22-15-9-7-13(8-10-15)17(21)24)27-20(26)16-11-28-19(23-16)14-5-3-2-4-6-14/h2-12H,1H3,(H2,21,24)(H,22,25)/t12-/m1/s1. The molecule has 2 aromatic carbocycles. The Labute approximate surface area is 165 Å². The number of rotatable bonds is 6. The Balaban J connectivity index is 1.60. The van der Waals surface area contributed by atoms with Gasteiger partial charge in [-0.25, -0.2) is 9.78 Å². The third-order valence-electron chi connectivity index (χ3n) is 3.82. The van der Waals surface area contributed by atoms with Crippen LogP contribution in [0.4, 0.5) is 5.69 Å². The van der Waals surface area contributed by atoms with E-state index in [1.807, 2.05) is 30.3 Å². The van der Waals surface area contributed by atoms with Crippen LogP contribution in [0.2, 0.25) is 0 Å². The van der Waals surface area contributed by atoms with Gasteiger partial charge in [0.15, 0.2) is 11.8 Å². The second-order valence-electron chi connectivity index (χ2n) is 5.88. The molecule has 1 heterocycles. The number of carbonyl (C=O) groups is 3. The first-order valence-corrected chi connectivity index (χ1v) is 9.24. The van der Waals surface area contributed by atoms with Gasteiger partial charge in [-0.05, 0) is 31.2 Å². The molecule has 1 atom stereocenters. The number of anilines is 1. The Morgan fingerprint density at radius 3 is 2.39 bits per heavy atom. The Kier molecular flexibility index (Phi) is 5.81. The van der Waals surface area contributed by atoms with Crippen molar-refractivity contribution in [3.05, 3.63) is 71.2 Å². The molecule has 0 aliphatic heterocycles. The van der Waals surface area contributed by atoms with Gasteiger partial charge in [0.25, 0.3) is 5.91 Å². The second-order valence-corrected chi connectivity index (χ2v) is 6.74. The van der Waals surface area contributed by atoms with Crippen LogP contribution in [0.15, 0.2) is 60.0 Å². The number of esters is 1. The summed E-state index contributed by atoms with van der Waals surface area (Å²) in [5.41, 5.74) is 7.01. The minimum atomic E-state index is -1.02. The first-order valence-electron chi connectivity index (χ1n) is 8.36. The smallest absolute Gasteiger partial charge is 0.358 e. The fraction of sp³-hybridized carbons (Fsp3) is 0.100. The highest BCUT2D eigenvalue weighted by atomic mass is 32.1. The molecule has 0 radical (unpaired) electrons. The molecule has 1 aromatic heterocycles. The summed E-state index contributed by atoms with van der Waals surface area (Å²) < 4.78 is 5.20. The van der Waals surface area contributed by atoms with E-state index in [0.29, 0.717) is 16.3 Å². The van der Waals surface area contributed by atoms with Crippen molar-refractivity contribution in [2.24, 2.45) is 5.73 Å². The zero-order chi connectivity index (χ0) is 20.1. The molecule has 3 N–H and O–H groups in total. The van der Waals surface area contributed by atoms with E-state index < -0.39 is 23.9 Å². The van der Waals surface area contributed by atoms with Crippen molar-refractivity contribution in [3.8, 4) is 10.6 Å². The van der Waals surface area contributed by atoms with Crippen molar-refractivity contribution < 1.29 is 19.1 Å². The lowest BCUT2D eigenvalue weighted by molar-refractivity contribution is -0.123. The Morgan fingerprint density at radius 2 is 1.75 bits per heavy atom. The maximum atomic E-state index is 12.3. The molecule has 7 nitrogen and oxygen atoms in total. The van der Waals surface area contributed by atoms with Gasteiger partial charge >= 0.3 is 5.97 Å². The molecule has 3 rings (SSSR count). The fourth-order valence-electron chi connectivity index (χ4n) is 2.32. The molecule has 0 saturated carbocycles. The van der Waals surface area contributed by atoms with Crippen molar-refractivity contribution in [2.75, 3.05) is 5.32 Å². The number of benzene rings is 2. The van der Waals surface area contributed by atoms with Crippen LogP contribution in [0, 0.1) is 0 Å². The van der Waals surface area contributed by atoms with E-state index in [0.717, 1.165) is 5.56 Å². The third-order valence-corrected chi connectivity index (χ3v) is 4.72. The summed E-state index contributed by atoms with van der Waals surface area (Å²) in [5, 5.41) is 4.90. The predicted molar refractivity (Wildman–Crippen MR) is 106 cm³/mol. The Morgan fingerprint density at radius 1 is 1.07 bits per heavy atom. The Hall–Kier alpha value is -3.52. The topological polar surface area (TPSA) is 111 Å². The maximum absolute atomic E-state index is 12.3. The van der Waals surface area contributed by atoms with E-state index in [1.54, 1.807) is 17.5 Å². The fourth-order valence-corrected chi connectivity index (χ4v) is 3.11. The lowest BCUT2D eigenvalue weighted by Crippen LogP contribution is -2.30. The van der Waals surface area contributed by atoms with Gasteiger partial charge < -0.3 is 15.8 Å². The highest BCUT2D eigenvalue weighted by Crippen LogP contribution is 2.23. The number of hydrogen-bond acceptors (Lipinski definition) is 6. The average molecular weight is 395 g/mol. The van der Waals surface area contributed by atoms with E-state index in [9.17, 15) is 14.4 Å². The highest BCUT2D eigenvalue weighted by Gasteiger charge is 2.21. The largest absolute Gasteiger partial charge is 0.448 e. The molecule has 0 spiro atoms. The van der Waals surface area contributed by atoms with Gasteiger partial charge in [-0.15, -0.1) is 11.3 Å². The number of thiazole rings is 1. The molecule has 0 unspecified atom stereocenters. The molecule has 2 amide bonds. The number of primary amides is 1. The number of hydrogen-bond donors (Lipinski definition) is 2. The van der Waals surface area contributed by atoms with Crippen LogP contribution in [0.5, 0.6) is 0 Å². The van der Waals surface area contributed by atoms with Gasteiger partial charge in [-0.1, -0.05) is 30.3 Å². The van der Waals surface area contributed by atoms with Crippen molar-refractivity contribution in [3.63, 3.8) is 0 Å². The second kappa shape index (κ2) is 8.45. The summed E-state index contributed by atoms with van der Waals surface area (Å²) in [5.74, 6) is -1.73. The molecule has 0 aliphatic rings. The van der Waals surface area contributed by atoms with Gasteiger partial charge in [0, 0.05) is 22.2 Å². The summed E-state index contributed by atoms with van der Waals surface area (Å²) in [6.45, 7) is 1.47. The highest BCUT2D eigenvalue weighted by molar-refractivity contribution is 7.13. The predicted octanol–water partition coefficient (Wildman–Crippen LogP) is 3.09. The lowest BCUT2D eigenvalue weighted by Gasteiger charge is -2.13. The summed E-state index contributed by atoms with van der Waals surface area (Å²) in [6.07, 6.45) is -1.02. The van der Waals surface area contributed by atoms with Crippen molar-refractivity contribution in [1.29, 1.82) is 0 Å². The van der Waals surface area contributed by atoms with Gasteiger partial charge in [-0.3, -0.25) is 9.59 Å². The summed E-state index contributed by atoms with van der Waals surface area (Å²) in [7, 11) is 0. The first-order chi connectivity index (χ1) is 13.4. The SMILES string of the molecule is C[C@@H](OC(=O)c1csc(-c2ccccc2)n1)C(=O)Nc1ccc(C(N)=O)cc1. The summed E-state index contributed by atoms with van der Waals surface area (Å²) >= 11 is 1.32. The van der Waals surface area contributed by atoms with Crippen LogP contribution in [0.3, 0.4) is 0 Å². The molecule has 0 aliphatic carbocycles. The molecule has 0 saturated heterocycles. The number of aromatic nitrogens is 1. The molecule has 28 heavy (non-hydrogen) atoms. The molecular weight excluding hydrogens is 378 g/mol. The molecular formula is C20H17N3O4S. The van der Waals surface area contributed by atoms with Crippen molar-refractivity contribution in [1.82, 2.24) is 4.98 Å². The van der Waals surface area contributed by atoms with Crippen LogP contribution in [0.1, 0.15) is 27.8 Å². The molecule has 0 bridgehead atoms. The first kappa shape index (κ1) is 19.2. The molecule has 3 aromatic rings. The number of amides is 2. The van der Waals surface area contributed by atoms with E-state index >= 15 is 0 Å². The quantitative estimate of drug-likeness (QED) is 0.623. The minimum absolute atomic E-state index is 0.148. The maximum Gasteiger partial charge on any atom is 0.358 e. The van der Waals surface area contributed by atoms with E-state index in [4.69, 9.17) is 10.5 Å². The van der Waals surface area contributed by atoms with Crippen LogP contribution < -0.4 is 11.1 Å². The average Bonchev–Trinajstić information content (AvgIpc) is 3.19.